The molecule has 0 saturated carbocycles. The van der Waals surface area contributed by atoms with Gasteiger partial charge in [-0.1, -0.05) is 0 Å². The van der Waals surface area contributed by atoms with Crippen LogP contribution in [0.5, 0.6) is 0 Å². The molecule has 0 unspecified atom stereocenters. The number of thioether (sulfide) groups is 1. The third-order valence-corrected chi connectivity index (χ3v) is 3.76. The van der Waals surface area contributed by atoms with Crippen LogP contribution in [0.3, 0.4) is 0 Å². The number of benzene rings is 1. The van der Waals surface area contributed by atoms with Gasteiger partial charge in [0.1, 0.15) is 4.88 Å². The molecule has 4 heteroatoms. The number of carboxylic acids is 1. The summed E-state index contributed by atoms with van der Waals surface area (Å²) in [6.07, 6.45) is 2.01. The Bertz CT molecular complexity index is 488. The van der Waals surface area contributed by atoms with Gasteiger partial charge in [-0.25, -0.2) is 4.79 Å². The predicted octanol–water partition coefficient (Wildman–Crippen LogP) is 3.32. The molecule has 0 aliphatic heterocycles. The van der Waals surface area contributed by atoms with E-state index in [4.69, 9.17) is 5.11 Å². The minimum absolute atomic E-state index is 0.401. The monoisotopic (exact) mass is 224 g/mol. The van der Waals surface area contributed by atoms with Gasteiger partial charge >= 0.3 is 5.97 Å². The molecule has 72 valence electrons. The maximum Gasteiger partial charge on any atom is 0.345 e. The van der Waals surface area contributed by atoms with Crippen molar-refractivity contribution in [2.24, 2.45) is 0 Å². The van der Waals surface area contributed by atoms with Gasteiger partial charge in [-0.3, -0.25) is 0 Å². The van der Waals surface area contributed by atoms with Crippen LogP contribution >= 0.6 is 23.1 Å². The highest BCUT2D eigenvalue weighted by Crippen LogP contribution is 2.28. The topological polar surface area (TPSA) is 37.3 Å². The molecule has 0 aliphatic rings. The van der Waals surface area contributed by atoms with Crippen molar-refractivity contribution in [3.8, 4) is 0 Å². The zero-order valence-corrected chi connectivity index (χ0v) is 9.11. The normalized spacial score (nSPS) is 10.6. The van der Waals surface area contributed by atoms with E-state index in [1.54, 1.807) is 17.8 Å². The molecule has 0 aliphatic carbocycles. The molecular weight excluding hydrogens is 216 g/mol. The highest BCUT2D eigenvalue weighted by Gasteiger charge is 2.07. The number of rotatable bonds is 2. The number of hydrogen-bond acceptors (Lipinski definition) is 3. The molecule has 0 saturated heterocycles. The van der Waals surface area contributed by atoms with Crippen molar-refractivity contribution >= 4 is 39.2 Å². The summed E-state index contributed by atoms with van der Waals surface area (Å²) in [5.74, 6) is -0.850. The molecule has 0 atom stereocenters. The fourth-order valence-electron chi connectivity index (χ4n) is 1.25. The third-order valence-electron chi connectivity index (χ3n) is 1.93. The fourth-order valence-corrected chi connectivity index (χ4v) is 2.58. The number of carbonyl (C=O) groups is 1. The van der Waals surface area contributed by atoms with Gasteiger partial charge in [0.25, 0.3) is 0 Å². The van der Waals surface area contributed by atoms with Crippen molar-refractivity contribution in [2.75, 3.05) is 6.26 Å². The number of aromatic carboxylic acids is 1. The average Bonchev–Trinajstić information content (AvgIpc) is 2.59. The van der Waals surface area contributed by atoms with Gasteiger partial charge < -0.3 is 5.11 Å². The maximum atomic E-state index is 10.7. The molecule has 1 N–H and O–H groups in total. The molecule has 0 amide bonds. The third kappa shape index (κ3) is 1.63. The summed E-state index contributed by atoms with van der Waals surface area (Å²) in [5, 5.41) is 9.83. The molecule has 14 heavy (non-hydrogen) atoms. The van der Waals surface area contributed by atoms with Gasteiger partial charge in [-0.2, -0.15) is 0 Å². The minimum atomic E-state index is -0.850. The molecule has 0 fully saturated rings. The molecule has 2 aromatic rings. The van der Waals surface area contributed by atoms with Crippen molar-refractivity contribution in [1.82, 2.24) is 0 Å². The van der Waals surface area contributed by atoms with E-state index in [0.717, 1.165) is 15.0 Å². The van der Waals surface area contributed by atoms with Crippen molar-refractivity contribution < 1.29 is 9.90 Å². The van der Waals surface area contributed by atoms with Crippen LogP contribution in [-0.2, 0) is 0 Å². The molecule has 2 rings (SSSR count). The largest absolute Gasteiger partial charge is 0.477 e. The average molecular weight is 224 g/mol. The Morgan fingerprint density at radius 3 is 2.86 bits per heavy atom. The Morgan fingerprint density at radius 2 is 2.21 bits per heavy atom. The summed E-state index contributed by atoms with van der Waals surface area (Å²) in [5.41, 5.74) is 0. The van der Waals surface area contributed by atoms with E-state index in [0.29, 0.717) is 4.88 Å². The lowest BCUT2D eigenvalue weighted by Crippen LogP contribution is -1.89. The number of hydrogen-bond donors (Lipinski definition) is 1. The van der Waals surface area contributed by atoms with Crippen LogP contribution in [0.1, 0.15) is 9.67 Å². The van der Waals surface area contributed by atoms with Gasteiger partial charge in [-0.15, -0.1) is 23.1 Å². The van der Waals surface area contributed by atoms with Crippen LogP contribution in [-0.4, -0.2) is 17.3 Å². The van der Waals surface area contributed by atoms with Gasteiger partial charge in [-0.05, 0) is 35.9 Å². The molecule has 1 heterocycles. The van der Waals surface area contributed by atoms with Crippen LogP contribution in [0.25, 0.3) is 10.1 Å². The Hall–Kier alpha value is -1.00. The fraction of sp³-hybridized carbons (Fsp3) is 0.100. The molecule has 1 aromatic heterocycles. The van der Waals surface area contributed by atoms with E-state index in [1.807, 2.05) is 24.5 Å². The molecule has 0 radical (unpaired) electrons. The van der Waals surface area contributed by atoms with Gasteiger partial charge in [0.05, 0.1) is 0 Å². The zero-order valence-electron chi connectivity index (χ0n) is 7.48. The van der Waals surface area contributed by atoms with Crippen LogP contribution in [0.2, 0.25) is 0 Å². The van der Waals surface area contributed by atoms with Crippen molar-refractivity contribution in [2.45, 2.75) is 4.90 Å². The lowest BCUT2D eigenvalue weighted by molar-refractivity contribution is 0.0702. The number of carboxylic acid groups (broad SMARTS) is 1. The van der Waals surface area contributed by atoms with Crippen LogP contribution in [0.15, 0.2) is 29.2 Å². The maximum absolute atomic E-state index is 10.7. The van der Waals surface area contributed by atoms with Crippen LogP contribution in [0, 0.1) is 0 Å². The second kappa shape index (κ2) is 3.63. The first kappa shape index (κ1) is 9.55. The molecule has 2 nitrogen and oxygen atoms in total. The number of fused-ring (bicyclic) bond motifs is 1. The Balaban J connectivity index is 2.60. The second-order valence-electron chi connectivity index (χ2n) is 2.82. The zero-order chi connectivity index (χ0) is 10.1. The molecule has 0 bridgehead atoms. The van der Waals surface area contributed by atoms with Crippen molar-refractivity contribution in [3.63, 3.8) is 0 Å². The van der Waals surface area contributed by atoms with E-state index in [-0.39, 0.29) is 0 Å². The summed E-state index contributed by atoms with van der Waals surface area (Å²) in [6.45, 7) is 0. The van der Waals surface area contributed by atoms with Crippen molar-refractivity contribution in [1.29, 1.82) is 0 Å². The summed E-state index contributed by atoms with van der Waals surface area (Å²) in [6, 6.07) is 7.72. The van der Waals surface area contributed by atoms with E-state index in [2.05, 4.69) is 0 Å². The van der Waals surface area contributed by atoms with E-state index in [1.165, 1.54) is 11.3 Å². The minimum Gasteiger partial charge on any atom is -0.477 e. The molecule has 0 spiro atoms. The second-order valence-corrected chi connectivity index (χ2v) is 4.78. The van der Waals surface area contributed by atoms with Gasteiger partial charge in [0.15, 0.2) is 0 Å². The highest BCUT2D eigenvalue weighted by molar-refractivity contribution is 7.98. The first-order valence-corrected chi connectivity index (χ1v) is 6.05. The summed E-state index contributed by atoms with van der Waals surface area (Å²) >= 11 is 2.97. The summed E-state index contributed by atoms with van der Waals surface area (Å²) < 4.78 is 1.03. The highest BCUT2D eigenvalue weighted by atomic mass is 32.2. The van der Waals surface area contributed by atoms with E-state index in [9.17, 15) is 4.79 Å². The molecule has 1 aromatic carbocycles. The Labute approximate surface area is 89.6 Å². The smallest absolute Gasteiger partial charge is 0.345 e. The summed E-state index contributed by atoms with van der Waals surface area (Å²) in [4.78, 5) is 12.3. The Kier molecular flexibility index (Phi) is 2.48. The standard InChI is InChI=1S/C10H8O2S2/c1-13-7-2-3-8-6(4-7)5-9(14-8)10(11)12/h2-5H,1H3,(H,11,12). The van der Waals surface area contributed by atoms with Crippen molar-refractivity contribution in [3.05, 3.63) is 29.1 Å². The van der Waals surface area contributed by atoms with E-state index < -0.39 is 5.97 Å². The summed E-state index contributed by atoms with van der Waals surface area (Å²) in [7, 11) is 0. The Morgan fingerprint density at radius 1 is 1.43 bits per heavy atom. The van der Waals surface area contributed by atoms with Gasteiger partial charge in [0.2, 0.25) is 0 Å². The van der Waals surface area contributed by atoms with Crippen LogP contribution < -0.4 is 0 Å². The SMILES string of the molecule is CSc1ccc2sc(C(=O)O)cc2c1. The number of thiophene rings is 1. The lowest BCUT2D eigenvalue weighted by Gasteiger charge is -1.94. The van der Waals surface area contributed by atoms with Crippen LogP contribution in [0.4, 0.5) is 0 Å². The quantitative estimate of drug-likeness (QED) is 0.795. The lowest BCUT2D eigenvalue weighted by atomic mass is 10.2. The van der Waals surface area contributed by atoms with E-state index >= 15 is 0 Å². The predicted molar refractivity (Wildman–Crippen MR) is 60.6 cm³/mol. The van der Waals surface area contributed by atoms with Gasteiger partial charge in [0, 0.05) is 9.60 Å². The first-order chi connectivity index (χ1) is 6.70. The molecular formula is C10H8O2S2. The first-order valence-electron chi connectivity index (χ1n) is 4.01.